The molecule has 0 saturated heterocycles. The normalized spacial score (nSPS) is 18.7. The van der Waals surface area contributed by atoms with Crippen molar-refractivity contribution in [2.75, 3.05) is 12.5 Å². The molecule has 1 unspecified atom stereocenters. The number of rotatable bonds is 7. The van der Waals surface area contributed by atoms with Gasteiger partial charge in [0.2, 0.25) is 0 Å². The molecule has 88 valence electrons. The minimum atomic E-state index is -3.43. The van der Waals surface area contributed by atoms with Gasteiger partial charge in [0, 0.05) is 0 Å². The Balaban J connectivity index is 2.31. The average molecular weight is 236 g/mol. The highest BCUT2D eigenvalue weighted by atomic mass is 32.2. The first-order chi connectivity index (χ1) is 6.92. The standard InChI is InChI=1S/C9H16O5S/c1-7(4-9(10)11)15(12,13)6-14-5-8-2-3-8/h7-8H,2-6H2,1H3,(H,10,11). The fraction of sp³-hybridized carbons (Fsp3) is 0.889. The molecule has 0 bridgehead atoms. The van der Waals surface area contributed by atoms with E-state index in [-0.39, 0.29) is 12.4 Å². The quantitative estimate of drug-likeness (QED) is 0.702. The van der Waals surface area contributed by atoms with Crippen LogP contribution in [-0.2, 0) is 19.4 Å². The van der Waals surface area contributed by atoms with Crippen molar-refractivity contribution in [1.82, 2.24) is 0 Å². The van der Waals surface area contributed by atoms with E-state index in [0.717, 1.165) is 12.8 Å². The summed E-state index contributed by atoms with van der Waals surface area (Å²) in [4.78, 5) is 10.3. The molecule has 1 N–H and O–H groups in total. The summed E-state index contributed by atoms with van der Waals surface area (Å²) in [5.74, 6) is -0.957. The molecule has 1 rings (SSSR count). The predicted octanol–water partition coefficient (Wildman–Crippen LogP) is 0.649. The second-order valence-electron chi connectivity index (χ2n) is 4.00. The second-order valence-corrected chi connectivity index (χ2v) is 6.37. The summed E-state index contributed by atoms with van der Waals surface area (Å²) in [6.45, 7) is 1.86. The van der Waals surface area contributed by atoms with Crippen LogP contribution in [0.2, 0.25) is 0 Å². The molecule has 0 aliphatic heterocycles. The van der Waals surface area contributed by atoms with E-state index < -0.39 is 21.1 Å². The molecule has 1 atom stereocenters. The van der Waals surface area contributed by atoms with Gasteiger partial charge in [0.1, 0.15) is 5.94 Å². The number of hydrogen-bond acceptors (Lipinski definition) is 4. The smallest absolute Gasteiger partial charge is 0.304 e. The van der Waals surface area contributed by atoms with Crippen molar-refractivity contribution < 1.29 is 23.1 Å². The first-order valence-corrected chi connectivity index (χ1v) is 6.64. The number of sulfone groups is 1. The van der Waals surface area contributed by atoms with Crippen LogP contribution in [0.5, 0.6) is 0 Å². The third-order valence-corrected chi connectivity index (χ3v) is 4.26. The molecule has 6 heteroatoms. The molecule has 0 heterocycles. The van der Waals surface area contributed by atoms with E-state index in [0.29, 0.717) is 12.5 Å². The molecule has 0 aromatic carbocycles. The van der Waals surface area contributed by atoms with Crippen molar-refractivity contribution in [3.8, 4) is 0 Å². The van der Waals surface area contributed by atoms with Crippen molar-refractivity contribution in [2.45, 2.75) is 31.4 Å². The summed E-state index contributed by atoms with van der Waals surface area (Å²) < 4.78 is 28.0. The molecule has 5 nitrogen and oxygen atoms in total. The van der Waals surface area contributed by atoms with E-state index in [4.69, 9.17) is 9.84 Å². The summed E-state index contributed by atoms with van der Waals surface area (Å²) in [7, 11) is -3.43. The van der Waals surface area contributed by atoms with Gasteiger partial charge in [-0.1, -0.05) is 0 Å². The van der Waals surface area contributed by atoms with Crippen LogP contribution in [0.25, 0.3) is 0 Å². The molecule has 1 saturated carbocycles. The zero-order valence-corrected chi connectivity index (χ0v) is 9.50. The maximum Gasteiger partial charge on any atom is 0.304 e. The third-order valence-electron chi connectivity index (χ3n) is 2.37. The molecule has 0 radical (unpaired) electrons. The van der Waals surface area contributed by atoms with E-state index in [9.17, 15) is 13.2 Å². The topological polar surface area (TPSA) is 80.7 Å². The van der Waals surface area contributed by atoms with Crippen LogP contribution in [0.3, 0.4) is 0 Å². The van der Waals surface area contributed by atoms with Gasteiger partial charge in [0.05, 0.1) is 18.3 Å². The highest BCUT2D eigenvalue weighted by Gasteiger charge is 2.26. The zero-order chi connectivity index (χ0) is 11.5. The fourth-order valence-corrected chi connectivity index (χ4v) is 2.06. The van der Waals surface area contributed by atoms with Gasteiger partial charge in [-0.3, -0.25) is 4.79 Å². The fourth-order valence-electron chi connectivity index (χ4n) is 1.10. The highest BCUT2D eigenvalue weighted by Crippen LogP contribution is 2.28. The molecular formula is C9H16O5S. The minimum Gasteiger partial charge on any atom is -0.481 e. The Morgan fingerprint density at radius 1 is 1.53 bits per heavy atom. The van der Waals surface area contributed by atoms with E-state index >= 15 is 0 Å². The lowest BCUT2D eigenvalue weighted by molar-refractivity contribution is -0.136. The largest absolute Gasteiger partial charge is 0.481 e. The van der Waals surface area contributed by atoms with Crippen LogP contribution >= 0.6 is 0 Å². The van der Waals surface area contributed by atoms with E-state index in [1.807, 2.05) is 0 Å². The maximum atomic E-state index is 11.5. The predicted molar refractivity (Wildman–Crippen MR) is 54.2 cm³/mol. The van der Waals surface area contributed by atoms with Gasteiger partial charge >= 0.3 is 5.97 Å². The van der Waals surface area contributed by atoms with Gasteiger partial charge in [-0.2, -0.15) is 0 Å². The molecule has 15 heavy (non-hydrogen) atoms. The van der Waals surface area contributed by atoms with Gasteiger partial charge in [0.15, 0.2) is 9.84 Å². The molecule has 1 fully saturated rings. The molecule has 1 aliphatic carbocycles. The van der Waals surface area contributed by atoms with E-state index in [2.05, 4.69) is 0 Å². The van der Waals surface area contributed by atoms with Crippen molar-refractivity contribution in [3.05, 3.63) is 0 Å². The summed E-state index contributed by atoms with van der Waals surface area (Å²) in [6, 6.07) is 0. The lowest BCUT2D eigenvalue weighted by atomic mass is 10.3. The van der Waals surface area contributed by atoms with Crippen molar-refractivity contribution in [3.63, 3.8) is 0 Å². The summed E-state index contributed by atoms with van der Waals surface area (Å²) in [5.41, 5.74) is 0. The molecule has 0 aromatic rings. The van der Waals surface area contributed by atoms with Gasteiger partial charge < -0.3 is 9.84 Å². The Kier molecular flexibility index (Phi) is 4.10. The van der Waals surface area contributed by atoms with Crippen LogP contribution < -0.4 is 0 Å². The number of ether oxygens (including phenoxy) is 1. The summed E-state index contributed by atoms with van der Waals surface area (Å²) in [6.07, 6.45) is 1.84. The highest BCUT2D eigenvalue weighted by molar-refractivity contribution is 7.91. The van der Waals surface area contributed by atoms with Crippen molar-refractivity contribution >= 4 is 15.8 Å². The van der Waals surface area contributed by atoms with Crippen LogP contribution in [0.1, 0.15) is 26.2 Å². The lowest BCUT2D eigenvalue weighted by Gasteiger charge is -2.10. The van der Waals surface area contributed by atoms with Crippen LogP contribution in [0.15, 0.2) is 0 Å². The number of hydrogen-bond donors (Lipinski definition) is 1. The molecule has 1 aliphatic rings. The first kappa shape index (κ1) is 12.4. The monoisotopic (exact) mass is 236 g/mol. The van der Waals surface area contributed by atoms with Gasteiger partial charge in [0.25, 0.3) is 0 Å². The molecular weight excluding hydrogens is 220 g/mol. The number of aliphatic carboxylic acids is 1. The van der Waals surface area contributed by atoms with E-state index in [1.54, 1.807) is 0 Å². The van der Waals surface area contributed by atoms with Gasteiger partial charge in [-0.25, -0.2) is 8.42 Å². The zero-order valence-electron chi connectivity index (χ0n) is 8.68. The minimum absolute atomic E-state index is 0.363. The van der Waals surface area contributed by atoms with Crippen molar-refractivity contribution in [1.29, 1.82) is 0 Å². The molecule has 0 amide bonds. The van der Waals surface area contributed by atoms with Gasteiger partial charge in [-0.15, -0.1) is 0 Å². The molecule has 0 spiro atoms. The second kappa shape index (κ2) is 4.94. The lowest BCUT2D eigenvalue weighted by Crippen LogP contribution is -2.25. The van der Waals surface area contributed by atoms with Crippen molar-refractivity contribution in [2.24, 2.45) is 5.92 Å². The average Bonchev–Trinajstić information content (AvgIpc) is 2.86. The molecule has 0 aromatic heterocycles. The van der Waals surface area contributed by atoms with E-state index in [1.165, 1.54) is 6.92 Å². The first-order valence-electron chi connectivity index (χ1n) is 4.93. The Labute approximate surface area is 89.3 Å². The third kappa shape index (κ3) is 4.61. The number of carbonyl (C=O) groups is 1. The Hall–Kier alpha value is -0.620. The maximum absolute atomic E-state index is 11.5. The van der Waals surface area contributed by atoms with Gasteiger partial charge in [-0.05, 0) is 25.7 Å². The van der Waals surface area contributed by atoms with Crippen LogP contribution in [-0.4, -0.2) is 37.3 Å². The number of carboxylic acid groups (broad SMARTS) is 1. The van der Waals surface area contributed by atoms with Crippen LogP contribution in [0.4, 0.5) is 0 Å². The van der Waals surface area contributed by atoms with Crippen LogP contribution in [0, 0.1) is 5.92 Å². The Morgan fingerprint density at radius 2 is 2.13 bits per heavy atom. The Bertz CT molecular complexity index is 317. The number of carboxylic acids is 1. The Morgan fingerprint density at radius 3 is 2.60 bits per heavy atom. The summed E-state index contributed by atoms with van der Waals surface area (Å²) in [5, 5.41) is 7.59. The SMILES string of the molecule is CC(CC(=O)O)S(=O)(=O)COCC1CC1. The summed E-state index contributed by atoms with van der Waals surface area (Å²) >= 11 is 0.